The van der Waals surface area contributed by atoms with Gasteiger partial charge in [-0.15, -0.1) is 0 Å². The second kappa shape index (κ2) is 7.22. The second-order valence-corrected chi connectivity index (χ2v) is 4.96. The third-order valence-corrected chi connectivity index (χ3v) is 3.31. The van der Waals surface area contributed by atoms with E-state index >= 15 is 0 Å². The first-order valence-electron chi connectivity index (χ1n) is 5.78. The SMILES string of the molecule is CCC(CSC)NC(=O)Cc1ccc(N)cc1. The average molecular weight is 252 g/mol. The van der Waals surface area contributed by atoms with Crippen LogP contribution in [0.1, 0.15) is 18.9 Å². The Bertz CT molecular complexity index is 351. The Kier molecular flexibility index (Phi) is 5.91. The minimum Gasteiger partial charge on any atom is -0.399 e. The van der Waals surface area contributed by atoms with Gasteiger partial charge >= 0.3 is 0 Å². The van der Waals surface area contributed by atoms with Gasteiger partial charge < -0.3 is 11.1 Å². The van der Waals surface area contributed by atoms with Crippen molar-refractivity contribution >= 4 is 23.4 Å². The summed E-state index contributed by atoms with van der Waals surface area (Å²) in [5.41, 5.74) is 7.32. The summed E-state index contributed by atoms with van der Waals surface area (Å²) in [5.74, 6) is 1.04. The van der Waals surface area contributed by atoms with Gasteiger partial charge in [0.25, 0.3) is 0 Å². The molecule has 3 nitrogen and oxygen atoms in total. The number of nitrogen functional groups attached to an aromatic ring is 1. The van der Waals surface area contributed by atoms with Crippen LogP contribution in [0.15, 0.2) is 24.3 Å². The molecule has 1 rings (SSSR count). The number of thioether (sulfide) groups is 1. The summed E-state index contributed by atoms with van der Waals surface area (Å²) in [7, 11) is 0. The van der Waals surface area contributed by atoms with Crippen LogP contribution in [-0.2, 0) is 11.2 Å². The highest BCUT2D eigenvalue weighted by Gasteiger charge is 2.09. The van der Waals surface area contributed by atoms with Gasteiger partial charge in [0.15, 0.2) is 0 Å². The molecule has 0 aliphatic heterocycles. The summed E-state index contributed by atoms with van der Waals surface area (Å²) in [6.45, 7) is 2.09. The van der Waals surface area contributed by atoms with Crippen molar-refractivity contribution in [3.05, 3.63) is 29.8 Å². The molecule has 0 aromatic heterocycles. The zero-order chi connectivity index (χ0) is 12.7. The molecule has 17 heavy (non-hydrogen) atoms. The van der Waals surface area contributed by atoms with Crippen molar-refractivity contribution in [1.29, 1.82) is 0 Å². The largest absolute Gasteiger partial charge is 0.399 e. The maximum atomic E-state index is 11.8. The van der Waals surface area contributed by atoms with Gasteiger partial charge in [-0.1, -0.05) is 19.1 Å². The Morgan fingerprint density at radius 3 is 2.59 bits per heavy atom. The monoisotopic (exact) mass is 252 g/mol. The maximum absolute atomic E-state index is 11.8. The summed E-state index contributed by atoms with van der Waals surface area (Å²) < 4.78 is 0. The molecule has 0 fully saturated rings. The Labute approximate surface area is 107 Å². The molecule has 0 aliphatic carbocycles. The molecule has 1 amide bonds. The van der Waals surface area contributed by atoms with Crippen molar-refractivity contribution in [2.45, 2.75) is 25.8 Å². The number of carbonyl (C=O) groups is 1. The third kappa shape index (κ3) is 5.13. The van der Waals surface area contributed by atoms with E-state index < -0.39 is 0 Å². The number of carbonyl (C=O) groups excluding carboxylic acids is 1. The Morgan fingerprint density at radius 1 is 1.41 bits per heavy atom. The minimum absolute atomic E-state index is 0.0793. The fourth-order valence-corrected chi connectivity index (χ4v) is 2.28. The zero-order valence-electron chi connectivity index (χ0n) is 10.4. The van der Waals surface area contributed by atoms with Gasteiger partial charge in [0.2, 0.25) is 5.91 Å². The van der Waals surface area contributed by atoms with Crippen LogP contribution in [0.4, 0.5) is 5.69 Å². The number of nitrogens with one attached hydrogen (secondary N) is 1. The Morgan fingerprint density at radius 2 is 2.06 bits per heavy atom. The number of rotatable bonds is 6. The van der Waals surface area contributed by atoms with Gasteiger partial charge in [0, 0.05) is 17.5 Å². The lowest BCUT2D eigenvalue weighted by Gasteiger charge is -2.15. The fourth-order valence-electron chi connectivity index (χ4n) is 1.56. The van der Waals surface area contributed by atoms with E-state index in [2.05, 4.69) is 18.5 Å². The molecule has 0 bridgehead atoms. The van der Waals surface area contributed by atoms with Gasteiger partial charge in [-0.25, -0.2) is 0 Å². The Balaban J connectivity index is 2.46. The number of anilines is 1. The highest BCUT2D eigenvalue weighted by molar-refractivity contribution is 7.98. The van der Waals surface area contributed by atoms with E-state index in [-0.39, 0.29) is 11.9 Å². The first-order valence-corrected chi connectivity index (χ1v) is 7.17. The van der Waals surface area contributed by atoms with E-state index in [9.17, 15) is 4.79 Å². The minimum atomic E-state index is 0.0793. The van der Waals surface area contributed by atoms with Crippen molar-refractivity contribution in [2.24, 2.45) is 0 Å². The zero-order valence-corrected chi connectivity index (χ0v) is 11.2. The van der Waals surface area contributed by atoms with E-state index in [0.29, 0.717) is 6.42 Å². The molecular weight excluding hydrogens is 232 g/mol. The van der Waals surface area contributed by atoms with Gasteiger partial charge in [-0.2, -0.15) is 11.8 Å². The first kappa shape index (κ1) is 13.9. The molecule has 0 spiro atoms. The first-order chi connectivity index (χ1) is 8.15. The molecule has 4 heteroatoms. The van der Waals surface area contributed by atoms with E-state index in [1.54, 1.807) is 11.8 Å². The summed E-state index contributed by atoms with van der Waals surface area (Å²) in [6.07, 6.45) is 3.44. The lowest BCUT2D eigenvalue weighted by atomic mass is 10.1. The third-order valence-electron chi connectivity index (χ3n) is 2.57. The number of hydrogen-bond acceptors (Lipinski definition) is 3. The number of benzene rings is 1. The lowest BCUT2D eigenvalue weighted by molar-refractivity contribution is -0.121. The number of amides is 1. The van der Waals surface area contributed by atoms with Crippen molar-refractivity contribution < 1.29 is 4.79 Å². The second-order valence-electron chi connectivity index (χ2n) is 4.05. The van der Waals surface area contributed by atoms with Crippen LogP contribution in [0.25, 0.3) is 0 Å². The van der Waals surface area contributed by atoms with Crippen LogP contribution in [0, 0.1) is 0 Å². The topological polar surface area (TPSA) is 55.1 Å². The van der Waals surface area contributed by atoms with Crippen molar-refractivity contribution in [3.8, 4) is 0 Å². The highest BCUT2D eigenvalue weighted by atomic mass is 32.2. The van der Waals surface area contributed by atoms with Crippen LogP contribution >= 0.6 is 11.8 Å². The van der Waals surface area contributed by atoms with E-state index in [4.69, 9.17) is 5.73 Å². The van der Waals surface area contributed by atoms with Crippen LogP contribution in [0.5, 0.6) is 0 Å². The molecule has 3 N–H and O–H groups in total. The predicted octanol–water partition coefficient (Wildman–Crippen LogP) is 2.07. The van der Waals surface area contributed by atoms with E-state index in [0.717, 1.165) is 23.4 Å². The normalized spacial score (nSPS) is 12.1. The Hall–Kier alpha value is -1.16. The van der Waals surface area contributed by atoms with Crippen LogP contribution in [0.3, 0.4) is 0 Å². The molecule has 1 aromatic rings. The summed E-state index contributed by atoms with van der Waals surface area (Å²) in [5, 5.41) is 3.04. The van der Waals surface area contributed by atoms with E-state index in [1.807, 2.05) is 24.3 Å². The van der Waals surface area contributed by atoms with Gasteiger partial charge in [-0.3, -0.25) is 4.79 Å². The van der Waals surface area contributed by atoms with Gasteiger partial charge in [0.1, 0.15) is 0 Å². The highest BCUT2D eigenvalue weighted by Crippen LogP contribution is 2.07. The lowest BCUT2D eigenvalue weighted by Crippen LogP contribution is -2.37. The smallest absolute Gasteiger partial charge is 0.224 e. The number of hydrogen-bond donors (Lipinski definition) is 2. The van der Waals surface area contributed by atoms with Crippen molar-refractivity contribution in [1.82, 2.24) is 5.32 Å². The van der Waals surface area contributed by atoms with Crippen LogP contribution < -0.4 is 11.1 Å². The van der Waals surface area contributed by atoms with Crippen molar-refractivity contribution in [3.63, 3.8) is 0 Å². The molecule has 0 saturated heterocycles. The van der Waals surface area contributed by atoms with Gasteiger partial charge in [-0.05, 0) is 30.4 Å². The molecule has 1 unspecified atom stereocenters. The molecule has 0 heterocycles. The molecule has 1 aromatic carbocycles. The van der Waals surface area contributed by atoms with Crippen LogP contribution in [-0.4, -0.2) is 24.0 Å². The van der Waals surface area contributed by atoms with E-state index in [1.165, 1.54) is 0 Å². The fraction of sp³-hybridized carbons (Fsp3) is 0.462. The molecule has 0 saturated carbocycles. The van der Waals surface area contributed by atoms with Crippen molar-refractivity contribution in [2.75, 3.05) is 17.7 Å². The van der Waals surface area contributed by atoms with Gasteiger partial charge in [0.05, 0.1) is 6.42 Å². The number of nitrogens with two attached hydrogens (primary N) is 1. The van der Waals surface area contributed by atoms with Crippen LogP contribution in [0.2, 0.25) is 0 Å². The molecule has 0 radical (unpaired) electrons. The molecule has 94 valence electrons. The maximum Gasteiger partial charge on any atom is 0.224 e. The summed E-state index contributed by atoms with van der Waals surface area (Å²) >= 11 is 1.75. The quantitative estimate of drug-likeness (QED) is 0.762. The molecule has 1 atom stereocenters. The summed E-state index contributed by atoms with van der Waals surface area (Å²) in [4.78, 5) is 11.8. The average Bonchev–Trinajstić information content (AvgIpc) is 2.31. The molecule has 0 aliphatic rings. The predicted molar refractivity (Wildman–Crippen MR) is 75.2 cm³/mol. The summed E-state index contributed by atoms with van der Waals surface area (Å²) in [6, 6.07) is 7.70. The molecular formula is C13H20N2OS. The standard InChI is InChI=1S/C13H20N2OS/c1-3-12(9-17-2)15-13(16)8-10-4-6-11(14)7-5-10/h4-7,12H,3,8-9,14H2,1-2H3,(H,15,16).